The van der Waals surface area contributed by atoms with Crippen molar-refractivity contribution in [3.05, 3.63) is 90.8 Å². The van der Waals surface area contributed by atoms with Gasteiger partial charge < -0.3 is 9.73 Å². The number of para-hydroxylation sites is 1. The first-order chi connectivity index (χ1) is 13.8. The molecule has 0 radical (unpaired) electrons. The third-order valence-electron chi connectivity index (χ3n) is 4.58. The number of carbonyl (C=O) groups excluding carboxylic acids is 1. The maximum Gasteiger partial charge on any atom is 0.274 e. The lowest BCUT2D eigenvalue weighted by Gasteiger charge is -2.08. The van der Waals surface area contributed by atoms with Gasteiger partial charge in [0.05, 0.1) is 11.3 Å². The molecular formula is C23H15N3O2. The van der Waals surface area contributed by atoms with E-state index >= 15 is 0 Å². The topological polar surface area (TPSA) is 68.0 Å². The van der Waals surface area contributed by atoms with Crippen molar-refractivity contribution in [1.29, 1.82) is 0 Å². The van der Waals surface area contributed by atoms with Crippen molar-refractivity contribution in [2.24, 2.45) is 0 Å². The molecule has 1 amide bonds. The van der Waals surface area contributed by atoms with Crippen molar-refractivity contribution in [3.63, 3.8) is 0 Å². The van der Waals surface area contributed by atoms with Gasteiger partial charge in [-0.25, -0.2) is 4.98 Å². The smallest absolute Gasteiger partial charge is 0.274 e. The molecule has 0 saturated carbocycles. The number of fused-ring (bicyclic) bond motifs is 3. The summed E-state index contributed by atoms with van der Waals surface area (Å²) in [6, 6.07) is 24.7. The number of hydrogen-bond donors (Lipinski definition) is 1. The highest BCUT2D eigenvalue weighted by atomic mass is 16.3. The van der Waals surface area contributed by atoms with Crippen molar-refractivity contribution in [2.45, 2.75) is 0 Å². The number of benzene rings is 3. The lowest BCUT2D eigenvalue weighted by molar-refractivity contribution is 0.102. The van der Waals surface area contributed by atoms with Crippen LogP contribution in [0.5, 0.6) is 0 Å². The SMILES string of the molecule is O=C(Nc1ccccc1-c1nc2ccc3ccccc3c2o1)c1ccccn1. The Kier molecular flexibility index (Phi) is 3.84. The third kappa shape index (κ3) is 2.79. The van der Waals surface area contributed by atoms with Crippen molar-refractivity contribution in [2.75, 3.05) is 5.32 Å². The zero-order valence-electron chi connectivity index (χ0n) is 14.8. The number of rotatable bonds is 3. The molecule has 134 valence electrons. The summed E-state index contributed by atoms with van der Waals surface area (Å²) in [5.41, 5.74) is 3.19. The Morgan fingerprint density at radius 1 is 0.857 bits per heavy atom. The Hall–Kier alpha value is -3.99. The molecule has 0 aliphatic rings. The minimum Gasteiger partial charge on any atom is -0.435 e. The van der Waals surface area contributed by atoms with Crippen LogP contribution < -0.4 is 5.32 Å². The van der Waals surface area contributed by atoms with Crippen LogP contribution in [0.1, 0.15) is 10.5 Å². The number of anilines is 1. The van der Waals surface area contributed by atoms with Crippen LogP contribution in [-0.2, 0) is 0 Å². The second kappa shape index (κ2) is 6.63. The number of oxazole rings is 1. The number of nitrogens with zero attached hydrogens (tertiary/aromatic N) is 2. The molecule has 3 aromatic carbocycles. The van der Waals surface area contributed by atoms with E-state index in [0.717, 1.165) is 21.9 Å². The highest BCUT2D eigenvalue weighted by molar-refractivity contribution is 6.06. The van der Waals surface area contributed by atoms with Gasteiger partial charge in [-0.2, -0.15) is 0 Å². The number of pyridine rings is 1. The van der Waals surface area contributed by atoms with Crippen molar-refractivity contribution in [3.8, 4) is 11.5 Å². The van der Waals surface area contributed by atoms with Gasteiger partial charge in [-0.05, 0) is 35.7 Å². The highest BCUT2D eigenvalue weighted by Crippen LogP contribution is 2.33. The summed E-state index contributed by atoms with van der Waals surface area (Å²) in [5, 5.41) is 5.01. The highest BCUT2D eigenvalue weighted by Gasteiger charge is 2.16. The Morgan fingerprint density at radius 3 is 2.57 bits per heavy atom. The van der Waals surface area contributed by atoms with Crippen LogP contribution >= 0.6 is 0 Å². The van der Waals surface area contributed by atoms with Crippen LogP contribution in [0.4, 0.5) is 5.69 Å². The second-order valence-electron chi connectivity index (χ2n) is 6.37. The lowest BCUT2D eigenvalue weighted by atomic mass is 10.1. The molecule has 2 heterocycles. The fourth-order valence-corrected chi connectivity index (χ4v) is 3.23. The predicted molar refractivity (Wildman–Crippen MR) is 109 cm³/mol. The fraction of sp³-hybridized carbons (Fsp3) is 0. The maximum absolute atomic E-state index is 12.5. The standard InChI is InChI=1S/C23H15N3O2/c27-22(20-11-5-6-14-24-20)25-18-10-4-3-9-17(18)23-26-19-13-12-15-7-1-2-8-16(15)21(19)28-23/h1-14H,(H,25,27). The van der Waals surface area contributed by atoms with Gasteiger partial charge in [-0.3, -0.25) is 9.78 Å². The fourth-order valence-electron chi connectivity index (χ4n) is 3.23. The number of amides is 1. The molecule has 28 heavy (non-hydrogen) atoms. The average Bonchev–Trinajstić information content (AvgIpc) is 3.19. The van der Waals surface area contributed by atoms with Gasteiger partial charge in [0, 0.05) is 11.6 Å². The van der Waals surface area contributed by atoms with Crippen LogP contribution in [0.25, 0.3) is 33.3 Å². The van der Waals surface area contributed by atoms with Crippen LogP contribution in [0.15, 0.2) is 89.5 Å². The third-order valence-corrected chi connectivity index (χ3v) is 4.58. The summed E-state index contributed by atoms with van der Waals surface area (Å²) >= 11 is 0. The van der Waals surface area contributed by atoms with Crippen molar-refractivity contribution < 1.29 is 9.21 Å². The summed E-state index contributed by atoms with van der Waals surface area (Å²) in [5.74, 6) is 0.179. The number of nitrogens with one attached hydrogen (secondary N) is 1. The summed E-state index contributed by atoms with van der Waals surface area (Å²) < 4.78 is 6.12. The van der Waals surface area contributed by atoms with E-state index in [2.05, 4.69) is 15.3 Å². The Morgan fingerprint density at radius 2 is 1.68 bits per heavy atom. The molecule has 5 rings (SSSR count). The van der Waals surface area contributed by atoms with E-state index in [-0.39, 0.29) is 5.91 Å². The summed E-state index contributed by atoms with van der Waals surface area (Å²) in [7, 11) is 0. The minimum absolute atomic E-state index is 0.283. The predicted octanol–water partition coefficient (Wildman–Crippen LogP) is 5.30. The number of aromatic nitrogens is 2. The normalized spacial score (nSPS) is 11.0. The largest absolute Gasteiger partial charge is 0.435 e. The Labute approximate surface area is 160 Å². The zero-order valence-corrected chi connectivity index (χ0v) is 14.8. The first-order valence-corrected chi connectivity index (χ1v) is 8.90. The molecule has 5 nitrogen and oxygen atoms in total. The monoisotopic (exact) mass is 365 g/mol. The maximum atomic E-state index is 12.5. The number of hydrogen-bond acceptors (Lipinski definition) is 4. The van der Waals surface area contributed by atoms with E-state index < -0.39 is 0 Å². The molecule has 0 aliphatic heterocycles. The molecule has 0 saturated heterocycles. The molecule has 5 aromatic rings. The Bertz CT molecular complexity index is 1310. The van der Waals surface area contributed by atoms with Crippen molar-refractivity contribution >= 4 is 33.5 Å². The second-order valence-corrected chi connectivity index (χ2v) is 6.37. The molecule has 0 unspecified atom stereocenters. The quantitative estimate of drug-likeness (QED) is 0.471. The summed E-state index contributed by atoms with van der Waals surface area (Å²) in [6.07, 6.45) is 1.59. The van der Waals surface area contributed by atoms with Gasteiger partial charge in [0.25, 0.3) is 5.91 Å². The van der Waals surface area contributed by atoms with Crippen molar-refractivity contribution in [1.82, 2.24) is 9.97 Å². The number of carbonyl (C=O) groups is 1. The van der Waals surface area contributed by atoms with Crippen LogP contribution in [-0.4, -0.2) is 15.9 Å². The van der Waals surface area contributed by atoms with Crippen LogP contribution in [0, 0.1) is 0 Å². The molecule has 1 N–H and O–H groups in total. The van der Waals surface area contributed by atoms with E-state index in [9.17, 15) is 4.79 Å². The lowest BCUT2D eigenvalue weighted by Crippen LogP contribution is -2.13. The molecule has 5 heteroatoms. The molecule has 0 bridgehead atoms. The van der Waals surface area contributed by atoms with E-state index in [1.54, 1.807) is 24.4 Å². The Balaban J connectivity index is 1.59. The summed E-state index contributed by atoms with van der Waals surface area (Å²) in [4.78, 5) is 21.3. The zero-order chi connectivity index (χ0) is 18.9. The van der Waals surface area contributed by atoms with Gasteiger partial charge in [0.1, 0.15) is 11.2 Å². The van der Waals surface area contributed by atoms with Gasteiger partial charge in [0.2, 0.25) is 5.89 Å². The molecule has 0 aliphatic carbocycles. The van der Waals surface area contributed by atoms with Gasteiger partial charge in [0.15, 0.2) is 5.58 Å². The van der Waals surface area contributed by atoms with E-state index in [4.69, 9.17) is 4.42 Å². The van der Waals surface area contributed by atoms with E-state index in [0.29, 0.717) is 22.8 Å². The van der Waals surface area contributed by atoms with E-state index in [1.807, 2.05) is 60.7 Å². The van der Waals surface area contributed by atoms with Gasteiger partial charge in [-0.1, -0.05) is 48.5 Å². The molecule has 0 fully saturated rings. The van der Waals surface area contributed by atoms with Gasteiger partial charge >= 0.3 is 0 Å². The molecule has 0 spiro atoms. The first kappa shape index (κ1) is 16.2. The van der Waals surface area contributed by atoms with Crippen LogP contribution in [0.3, 0.4) is 0 Å². The van der Waals surface area contributed by atoms with E-state index in [1.165, 1.54) is 0 Å². The average molecular weight is 365 g/mol. The summed E-state index contributed by atoms with van der Waals surface area (Å²) in [6.45, 7) is 0. The molecule has 0 atom stereocenters. The first-order valence-electron chi connectivity index (χ1n) is 8.90. The van der Waals surface area contributed by atoms with Gasteiger partial charge in [-0.15, -0.1) is 0 Å². The molecular weight excluding hydrogens is 350 g/mol. The minimum atomic E-state index is -0.283. The van der Waals surface area contributed by atoms with Crippen LogP contribution in [0.2, 0.25) is 0 Å². The molecule has 2 aromatic heterocycles.